The highest BCUT2D eigenvalue weighted by atomic mass is 35.5. The van der Waals surface area contributed by atoms with Crippen molar-refractivity contribution in [3.8, 4) is 17.0 Å². The van der Waals surface area contributed by atoms with Crippen molar-refractivity contribution < 1.29 is 22.7 Å². The molecule has 31 heavy (non-hydrogen) atoms. The number of hydrogen-bond acceptors (Lipinski definition) is 5. The van der Waals surface area contributed by atoms with Crippen molar-refractivity contribution in [2.24, 2.45) is 0 Å². The molecule has 2 aromatic carbocycles. The largest absolute Gasteiger partial charge is 0.497 e. The zero-order valence-corrected chi connectivity index (χ0v) is 18.2. The zero-order valence-electron chi connectivity index (χ0n) is 15.8. The molecule has 162 valence electrons. The van der Waals surface area contributed by atoms with Crippen LogP contribution in [0.4, 0.5) is 18.9 Å². The molecule has 0 aliphatic heterocycles. The number of benzene rings is 2. The molecule has 1 amide bonds. The van der Waals surface area contributed by atoms with E-state index in [1.165, 1.54) is 7.11 Å². The first-order valence-corrected chi connectivity index (χ1v) is 10.4. The molecule has 0 spiro atoms. The second-order valence-electron chi connectivity index (χ2n) is 6.08. The van der Waals surface area contributed by atoms with Crippen molar-refractivity contribution in [2.75, 3.05) is 18.2 Å². The summed E-state index contributed by atoms with van der Waals surface area (Å²) in [7, 11) is 1.48. The molecular formula is C20H14Cl2F3N3O2S. The van der Waals surface area contributed by atoms with E-state index in [4.69, 9.17) is 27.9 Å². The molecule has 0 atom stereocenters. The van der Waals surface area contributed by atoms with E-state index in [0.717, 1.165) is 17.8 Å². The lowest BCUT2D eigenvalue weighted by Gasteiger charge is -2.11. The highest BCUT2D eigenvalue weighted by Crippen LogP contribution is 2.33. The fourth-order valence-corrected chi connectivity index (χ4v) is 3.62. The maximum Gasteiger partial charge on any atom is 0.433 e. The Kier molecular flexibility index (Phi) is 7.30. The van der Waals surface area contributed by atoms with Crippen LogP contribution in [-0.4, -0.2) is 28.7 Å². The molecule has 0 unspecified atom stereocenters. The van der Waals surface area contributed by atoms with Gasteiger partial charge in [-0.1, -0.05) is 41.0 Å². The first-order chi connectivity index (χ1) is 14.7. The van der Waals surface area contributed by atoms with Gasteiger partial charge >= 0.3 is 6.18 Å². The predicted octanol–water partition coefficient (Wildman–Crippen LogP) is 6.21. The van der Waals surface area contributed by atoms with Gasteiger partial charge in [0.2, 0.25) is 5.91 Å². The number of halogens is 5. The molecule has 1 aromatic heterocycles. The quantitative estimate of drug-likeness (QED) is 0.330. The minimum atomic E-state index is -4.67. The first kappa shape index (κ1) is 23.2. The summed E-state index contributed by atoms with van der Waals surface area (Å²) in [5, 5.41) is 2.82. The van der Waals surface area contributed by atoms with Gasteiger partial charge in [0, 0.05) is 5.56 Å². The Labute approximate surface area is 189 Å². The molecule has 3 rings (SSSR count). The van der Waals surface area contributed by atoms with E-state index in [1.54, 1.807) is 42.5 Å². The van der Waals surface area contributed by atoms with Crippen LogP contribution < -0.4 is 10.1 Å². The third kappa shape index (κ3) is 6.03. The molecule has 0 aliphatic rings. The fraction of sp³-hybridized carbons (Fsp3) is 0.150. The third-order valence-corrected chi connectivity index (χ3v) is 5.42. The predicted molar refractivity (Wildman–Crippen MR) is 115 cm³/mol. The second-order valence-corrected chi connectivity index (χ2v) is 7.84. The number of ether oxygens (including phenoxy) is 1. The normalized spacial score (nSPS) is 11.3. The fourth-order valence-electron chi connectivity index (χ4n) is 2.47. The Morgan fingerprint density at radius 1 is 1.10 bits per heavy atom. The Hall–Kier alpha value is -2.49. The van der Waals surface area contributed by atoms with Gasteiger partial charge in [-0.05, 0) is 42.5 Å². The molecule has 0 saturated carbocycles. The molecule has 0 aliphatic carbocycles. The van der Waals surface area contributed by atoms with E-state index in [1.807, 2.05) is 0 Å². The lowest BCUT2D eigenvalue weighted by molar-refractivity contribution is -0.141. The topological polar surface area (TPSA) is 64.1 Å². The number of carbonyl (C=O) groups excluding carboxylic acids is 1. The number of carbonyl (C=O) groups is 1. The molecule has 0 bridgehead atoms. The number of nitrogens with one attached hydrogen (secondary N) is 1. The number of para-hydroxylation sites is 1. The van der Waals surface area contributed by atoms with E-state index >= 15 is 0 Å². The summed E-state index contributed by atoms with van der Waals surface area (Å²) in [4.78, 5) is 20.0. The smallest absolute Gasteiger partial charge is 0.433 e. The minimum absolute atomic E-state index is 0.0713. The minimum Gasteiger partial charge on any atom is -0.497 e. The molecule has 3 aromatic rings. The first-order valence-electron chi connectivity index (χ1n) is 8.64. The van der Waals surface area contributed by atoms with E-state index in [-0.39, 0.29) is 32.3 Å². The van der Waals surface area contributed by atoms with Gasteiger partial charge < -0.3 is 10.1 Å². The second kappa shape index (κ2) is 9.76. The molecule has 0 fully saturated rings. The van der Waals surface area contributed by atoms with Crippen LogP contribution in [0, 0.1) is 0 Å². The Balaban J connectivity index is 1.82. The van der Waals surface area contributed by atoms with Gasteiger partial charge in [-0.25, -0.2) is 9.97 Å². The number of amides is 1. The number of nitrogens with zero attached hydrogens (tertiary/aromatic N) is 2. The number of methoxy groups -OCH3 is 1. The van der Waals surface area contributed by atoms with Crippen molar-refractivity contribution in [1.29, 1.82) is 0 Å². The SMILES string of the molecule is COc1ccc(-c2cc(C(F)(F)F)nc(SCC(=O)Nc3c(Cl)cccc3Cl)n2)cc1. The van der Waals surface area contributed by atoms with Crippen molar-refractivity contribution in [3.05, 3.63) is 64.3 Å². The standard InChI is InChI=1S/C20H14Cl2F3N3O2S/c1-30-12-7-5-11(6-8-12)15-9-16(20(23,24)25)27-19(26-15)31-10-17(29)28-18-13(21)3-2-4-14(18)22/h2-9H,10H2,1H3,(H,28,29). The lowest BCUT2D eigenvalue weighted by atomic mass is 10.1. The summed E-state index contributed by atoms with van der Waals surface area (Å²) < 4.78 is 45.0. The number of anilines is 1. The van der Waals surface area contributed by atoms with E-state index in [2.05, 4.69) is 15.3 Å². The average Bonchev–Trinajstić information content (AvgIpc) is 2.74. The number of aromatic nitrogens is 2. The Morgan fingerprint density at radius 3 is 2.32 bits per heavy atom. The van der Waals surface area contributed by atoms with Crippen molar-refractivity contribution >= 4 is 46.6 Å². The molecule has 1 heterocycles. The van der Waals surface area contributed by atoms with Crippen LogP contribution >= 0.6 is 35.0 Å². The van der Waals surface area contributed by atoms with Crippen molar-refractivity contribution in [3.63, 3.8) is 0 Å². The summed E-state index contributed by atoms with van der Waals surface area (Å²) in [6.45, 7) is 0. The molecule has 0 radical (unpaired) electrons. The van der Waals surface area contributed by atoms with Gasteiger partial charge in [-0.15, -0.1) is 0 Å². The molecule has 1 N–H and O–H groups in total. The average molecular weight is 488 g/mol. The van der Waals surface area contributed by atoms with Gasteiger partial charge in [0.25, 0.3) is 0 Å². The van der Waals surface area contributed by atoms with Crippen LogP contribution in [0.2, 0.25) is 10.0 Å². The summed E-state index contributed by atoms with van der Waals surface area (Å²) in [5.74, 6) is -0.212. The van der Waals surface area contributed by atoms with E-state index < -0.39 is 17.8 Å². The molecule has 11 heteroatoms. The van der Waals surface area contributed by atoms with E-state index in [0.29, 0.717) is 11.3 Å². The summed E-state index contributed by atoms with van der Waals surface area (Å²) >= 11 is 12.8. The van der Waals surface area contributed by atoms with Crippen molar-refractivity contribution in [2.45, 2.75) is 11.3 Å². The van der Waals surface area contributed by atoms with Crippen LogP contribution in [0.15, 0.2) is 53.7 Å². The van der Waals surface area contributed by atoms with Gasteiger partial charge in [0.05, 0.1) is 34.3 Å². The summed E-state index contributed by atoms with van der Waals surface area (Å²) in [6, 6.07) is 12.0. The highest BCUT2D eigenvalue weighted by molar-refractivity contribution is 7.99. The maximum absolute atomic E-state index is 13.3. The van der Waals surface area contributed by atoms with Crippen LogP contribution in [0.25, 0.3) is 11.3 Å². The Morgan fingerprint density at radius 2 is 1.74 bits per heavy atom. The molecule has 5 nitrogen and oxygen atoms in total. The monoisotopic (exact) mass is 487 g/mol. The van der Waals surface area contributed by atoms with Crippen molar-refractivity contribution in [1.82, 2.24) is 9.97 Å². The summed E-state index contributed by atoms with van der Waals surface area (Å²) in [5.41, 5.74) is -0.365. The zero-order chi connectivity index (χ0) is 22.6. The van der Waals surface area contributed by atoms with Gasteiger partial charge in [0.1, 0.15) is 11.4 Å². The lowest BCUT2D eigenvalue weighted by Crippen LogP contribution is -2.15. The van der Waals surface area contributed by atoms with Gasteiger partial charge in [-0.3, -0.25) is 4.79 Å². The Bertz CT molecular complexity index is 1080. The van der Waals surface area contributed by atoms with Gasteiger partial charge in [0.15, 0.2) is 5.16 Å². The third-order valence-electron chi connectivity index (χ3n) is 3.94. The number of hydrogen-bond donors (Lipinski definition) is 1. The summed E-state index contributed by atoms with van der Waals surface area (Å²) in [6.07, 6.45) is -4.67. The van der Waals surface area contributed by atoms with E-state index in [9.17, 15) is 18.0 Å². The van der Waals surface area contributed by atoms with Crippen LogP contribution in [0.1, 0.15) is 5.69 Å². The number of alkyl halides is 3. The maximum atomic E-state index is 13.3. The molecular weight excluding hydrogens is 474 g/mol. The molecule has 0 saturated heterocycles. The highest BCUT2D eigenvalue weighted by Gasteiger charge is 2.34. The van der Waals surface area contributed by atoms with Crippen LogP contribution in [-0.2, 0) is 11.0 Å². The number of thioether (sulfide) groups is 1. The number of rotatable bonds is 6. The van der Waals surface area contributed by atoms with Gasteiger partial charge in [-0.2, -0.15) is 13.2 Å². The van der Waals surface area contributed by atoms with Crippen LogP contribution in [0.3, 0.4) is 0 Å². The van der Waals surface area contributed by atoms with Crippen LogP contribution in [0.5, 0.6) is 5.75 Å².